The SMILES string of the molecule is O=C1NC(=O)[C@@H]2CN(CCO)CC[C@H]12. The number of carbonyl (C=O) groups is 2. The molecule has 2 fully saturated rings. The summed E-state index contributed by atoms with van der Waals surface area (Å²) in [6.45, 7) is 2.09. The molecule has 5 heteroatoms. The van der Waals surface area contributed by atoms with E-state index in [1.165, 1.54) is 0 Å². The molecule has 78 valence electrons. The van der Waals surface area contributed by atoms with Crippen molar-refractivity contribution in [2.75, 3.05) is 26.2 Å². The second kappa shape index (κ2) is 3.67. The molecule has 2 amide bonds. The molecule has 2 N–H and O–H groups in total. The summed E-state index contributed by atoms with van der Waals surface area (Å²) in [5.74, 6) is -0.591. The van der Waals surface area contributed by atoms with E-state index in [1.54, 1.807) is 0 Å². The number of rotatable bonds is 2. The van der Waals surface area contributed by atoms with Crippen molar-refractivity contribution in [2.24, 2.45) is 11.8 Å². The second-order valence-electron chi connectivity index (χ2n) is 3.88. The largest absolute Gasteiger partial charge is 0.395 e. The maximum atomic E-state index is 11.3. The van der Waals surface area contributed by atoms with E-state index in [2.05, 4.69) is 5.32 Å². The lowest BCUT2D eigenvalue weighted by Gasteiger charge is -2.31. The van der Waals surface area contributed by atoms with Crippen LogP contribution in [0.25, 0.3) is 0 Å². The van der Waals surface area contributed by atoms with Gasteiger partial charge in [0.25, 0.3) is 0 Å². The highest BCUT2D eigenvalue weighted by Gasteiger charge is 2.44. The van der Waals surface area contributed by atoms with E-state index in [9.17, 15) is 9.59 Å². The van der Waals surface area contributed by atoms with Crippen LogP contribution in [0.5, 0.6) is 0 Å². The lowest BCUT2D eigenvalue weighted by Crippen LogP contribution is -2.42. The Labute approximate surface area is 82.1 Å². The van der Waals surface area contributed by atoms with Gasteiger partial charge in [-0.3, -0.25) is 14.9 Å². The third kappa shape index (κ3) is 1.53. The second-order valence-corrected chi connectivity index (χ2v) is 3.88. The van der Waals surface area contributed by atoms with Gasteiger partial charge < -0.3 is 10.0 Å². The first-order valence-electron chi connectivity index (χ1n) is 4.90. The Morgan fingerprint density at radius 1 is 1.36 bits per heavy atom. The summed E-state index contributed by atoms with van der Waals surface area (Å²) >= 11 is 0. The molecule has 2 heterocycles. The number of hydrogen-bond donors (Lipinski definition) is 2. The minimum atomic E-state index is -0.192. The van der Waals surface area contributed by atoms with Crippen molar-refractivity contribution >= 4 is 11.8 Å². The number of carbonyl (C=O) groups excluding carboxylic acids is 2. The minimum Gasteiger partial charge on any atom is -0.395 e. The summed E-state index contributed by atoms with van der Waals surface area (Å²) in [5.41, 5.74) is 0. The van der Waals surface area contributed by atoms with E-state index < -0.39 is 0 Å². The van der Waals surface area contributed by atoms with Gasteiger partial charge in [-0.2, -0.15) is 0 Å². The molecule has 0 bridgehead atoms. The molecule has 0 unspecified atom stereocenters. The molecular formula is C9H14N2O3. The molecule has 2 saturated heterocycles. The summed E-state index contributed by atoms with van der Waals surface area (Å²) in [5, 5.41) is 11.1. The van der Waals surface area contributed by atoms with Gasteiger partial charge in [-0.25, -0.2) is 0 Å². The Kier molecular flexibility index (Phi) is 2.52. The standard InChI is InChI=1S/C9H14N2O3/c12-4-3-11-2-1-6-7(5-11)9(14)10-8(6)13/h6-7,12H,1-5H2,(H,10,13,14)/t6-,7+/m0/s1. The number of nitrogens with one attached hydrogen (secondary N) is 1. The number of hydrogen-bond acceptors (Lipinski definition) is 4. The summed E-state index contributed by atoms with van der Waals surface area (Å²) in [4.78, 5) is 24.7. The average Bonchev–Trinajstić information content (AvgIpc) is 2.43. The summed E-state index contributed by atoms with van der Waals surface area (Å²) < 4.78 is 0. The molecule has 0 spiro atoms. The maximum Gasteiger partial charge on any atom is 0.231 e. The van der Waals surface area contributed by atoms with Gasteiger partial charge in [-0.05, 0) is 13.0 Å². The van der Waals surface area contributed by atoms with Crippen molar-refractivity contribution in [3.8, 4) is 0 Å². The number of fused-ring (bicyclic) bond motifs is 1. The van der Waals surface area contributed by atoms with Gasteiger partial charge in [0.2, 0.25) is 11.8 Å². The average molecular weight is 198 g/mol. The number of aliphatic hydroxyl groups excluding tert-OH is 1. The summed E-state index contributed by atoms with van der Waals surface area (Å²) in [6, 6.07) is 0. The van der Waals surface area contributed by atoms with Gasteiger partial charge in [-0.1, -0.05) is 0 Å². The Hall–Kier alpha value is -0.940. The number of likely N-dealkylation sites (tertiary alicyclic amines) is 1. The van der Waals surface area contributed by atoms with Crippen molar-refractivity contribution < 1.29 is 14.7 Å². The molecule has 2 aliphatic heterocycles. The number of nitrogens with zero attached hydrogens (tertiary/aromatic N) is 1. The van der Waals surface area contributed by atoms with E-state index in [0.29, 0.717) is 13.1 Å². The normalized spacial score (nSPS) is 32.9. The van der Waals surface area contributed by atoms with Gasteiger partial charge in [0.15, 0.2) is 0 Å². The Balaban J connectivity index is 2.02. The number of piperidine rings is 1. The highest BCUT2D eigenvalue weighted by molar-refractivity contribution is 6.05. The van der Waals surface area contributed by atoms with Crippen molar-refractivity contribution in [2.45, 2.75) is 6.42 Å². The van der Waals surface area contributed by atoms with Crippen LogP contribution in [0.1, 0.15) is 6.42 Å². The van der Waals surface area contributed by atoms with Crippen molar-refractivity contribution in [3.05, 3.63) is 0 Å². The molecule has 5 nitrogen and oxygen atoms in total. The third-order valence-corrected chi connectivity index (χ3v) is 3.03. The Morgan fingerprint density at radius 2 is 2.07 bits per heavy atom. The first-order chi connectivity index (χ1) is 6.72. The van der Waals surface area contributed by atoms with E-state index in [0.717, 1.165) is 13.0 Å². The quantitative estimate of drug-likeness (QED) is 0.534. The van der Waals surface area contributed by atoms with E-state index >= 15 is 0 Å². The molecule has 2 atom stereocenters. The molecule has 2 rings (SSSR count). The van der Waals surface area contributed by atoms with Crippen LogP contribution in [0.3, 0.4) is 0 Å². The van der Waals surface area contributed by atoms with Crippen LogP contribution in [0.2, 0.25) is 0 Å². The van der Waals surface area contributed by atoms with E-state index in [-0.39, 0.29) is 30.3 Å². The summed E-state index contributed by atoms with van der Waals surface area (Å²) in [6.07, 6.45) is 0.724. The fourth-order valence-corrected chi connectivity index (χ4v) is 2.25. The predicted octanol–water partition coefficient (Wildman–Crippen LogP) is -1.43. The zero-order valence-electron chi connectivity index (χ0n) is 7.90. The van der Waals surface area contributed by atoms with Crippen LogP contribution in [0, 0.1) is 11.8 Å². The molecule has 14 heavy (non-hydrogen) atoms. The van der Waals surface area contributed by atoms with Gasteiger partial charge in [0.1, 0.15) is 0 Å². The number of imide groups is 1. The van der Waals surface area contributed by atoms with Crippen molar-refractivity contribution in [3.63, 3.8) is 0 Å². The van der Waals surface area contributed by atoms with Crippen LogP contribution in [0.4, 0.5) is 0 Å². The van der Waals surface area contributed by atoms with Gasteiger partial charge in [0.05, 0.1) is 18.4 Å². The van der Waals surface area contributed by atoms with Gasteiger partial charge in [-0.15, -0.1) is 0 Å². The van der Waals surface area contributed by atoms with Crippen LogP contribution < -0.4 is 5.32 Å². The predicted molar refractivity (Wildman–Crippen MR) is 48.3 cm³/mol. The highest BCUT2D eigenvalue weighted by Crippen LogP contribution is 2.27. The zero-order valence-corrected chi connectivity index (χ0v) is 7.90. The fourth-order valence-electron chi connectivity index (χ4n) is 2.25. The smallest absolute Gasteiger partial charge is 0.231 e. The van der Waals surface area contributed by atoms with Crippen LogP contribution in [-0.4, -0.2) is 48.1 Å². The molecule has 2 aliphatic rings. The zero-order chi connectivity index (χ0) is 10.1. The van der Waals surface area contributed by atoms with Gasteiger partial charge >= 0.3 is 0 Å². The fraction of sp³-hybridized carbons (Fsp3) is 0.778. The molecule has 0 saturated carbocycles. The first kappa shape index (κ1) is 9.61. The number of aliphatic hydroxyl groups is 1. The van der Waals surface area contributed by atoms with Crippen LogP contribution in [0.15, 0.2) is 0 Å². The molecule has 0 radical (unpaired) electrons. The maximum absolute atomic E-state index is 11.3. The molecule has 0 aromatic rings. The summed E-state index contributed by atoms with van der Waals surface area (Å²) in [7, 11) is 0. The number of β-amino-alcohol motifs (C(OH)–C–C–N with tert-alkyl or cyclic N) is 1. The van der Waals surface area contributed by atoms with Crippen molar-refractivity contribution in [1.82, 2.24) is 10.2 Å². The molecule has 0 aliphatic carbocycles. The Bertz CT molecular complexity index is 267. The van der Waals surface area contributed by atoms with Gasteiger partial charge in [0, 0.05) is 13.1 Å². The highest BCUT2D eigenvalue weighted by atomic mass is 16.3. The third-order valence-electron chi connectivity index (χ3n) is 3.03. The topological polar surface area (TPSA) is 69.6 Å². The van der Waals surface area contributed by atoms with Crippen LogP contribution in [-0.2, 0) is 9.59 Å². The monoisotopic (exact) mass is 198 g/mol. The molecular weight excluding hydrogens is 184 g/mol. The van der Waals surface area contributed by atoms with Crippen molar-refractivity contribution in [1.29, 1.82) is 0 Å². The lowest BCUT2D eigenvalue weighted by molar-refractivity contribution is -0.126. The lowest BCUT2D eigenvalue weighted by atomic mass is 9.88. The first-order valence-corrected chi connectivity index (χ1v) is 4.90. The van der Waals surface area contributed by atoms with E-state index in [4.69, 9.17) is 5.11 Å². The molecule has 0 aromatic carbocycles. The minimum absolute atomic E-state index is 0.104. The van der Waals surface area contributed by atoms with E-state index in [1.807, 2.05) is 4.90 Å². The Morgan fingerprint density at radius 3 is 2.79 bits per heavy atom. The van der Waals surface area contributed by atoms with Crippen LogP contribution >= 0.6 is 0 Å². The molecule has 0 aromatic heterocycles. The number of amides is 2.